The van der Waals surface area contributed by atoms with Gasteiger partial charge >= 0.3 is 0 Å². The Labute approximate surface area is 137 Å². The van der Waals surface area contributed by atoms with Crippen LogP contribution in [0.5, 0.6) is 0 Å². The Bertz CT molecular complexity index is 1010. The zero-order valence-electron chi connectivity index (χ0n) is 13.6. The number of hydrogen-bond donors (Lipinski definition) is 1. The molecule has 0 unspecified atom stereocenters. The summed E-state index contributed by atoms with van der Waals surface area (Å²) in [5.41, 5.74) is 7.96. The lowest BCUT2D eigenvalue weighted by Crippen LogP contribution is -2.12. The summed E-state index contributed by atoms with van der Waals surface area (Å²) in [6.45, 7) is 5.22. The van der Waals surface area contributed by atoms with Crippen molar-refractivity contribution in [1.29, 1.82) is 0 Å². The van der Waals surface area contributed by atoms with Crippen LogP contribution >= 0.6 is 0 Å². The van der Waals surface area contributed by atoms with Gasteiger partial charge in [-0.3, -0.25) is 4.79 Å². The number of halogens is 2. The molecule has 0 aliphatic heterocycles. The number of fused-ring (bicyclic) bond motifs is 1. The van der Waals surface area contributed by atoms with Gasteiger partial charge < -0.3 is 10.2 Å². The van der Waals surface area contributed by atoms with Crippen LogP contribution in [0.3, 0.4) is 0 Å². The molecule has 0 saturated heterocycles. The van der Waals surface area contributed by atoms with Crippen LogP contribution in [0.2, 0.25) is 0 Å². The SMILES string of the molecule is Cc1cc([C@@H](C)N)c2oc(-c3ccc(F)cc3F)c(C)c(=O)c2c1. The summed E-state index contributed by atoms with van der Waals surface area (Å²) in [4.78, 5) is 12.7. The molecule has 1 atom stereocenters. The van der Waals surface area contributed by atoms with Crippen molar-refractivity contribution < 1.29 is 13.2 Å². The van der Waals surface area contributed by atoms with E-state index >= 15 is 0 Å². The van der Waals surface area contributed by atoms with Gasteiger partial charge in [0.1, 0.15) is 23.0 Å². The molecule has 2 N–H and O–H groups in total. The van der Waals surface area contributed by atoms with Crippen LogP contribution in [-0.2, 0) is 0 Å². The van der Waals surface area contributed by atoms with E-state index in [0.717, 1.165) is 17.7 Å². The first-order valence-electron chi connectivity index (χ1n) is 7.58. The molecule has 24 heavy (non-hydrogen) atoms. The lowest BCUT2D eigenvalue weighted by Gasteiger charge is -2.14. The number of rotatable bonds is 2. The first-order valence-corrected chi connectivity index (χ1v) is 7.58. The second kappa shape index (κ2) is 5.83. The summed E-state index contributed by atoms with van der Waals surface area (Å²) >= 11 is 0. The minimum atomic E-state index is -0.782. The molecule has 0 aliphatic carbocycles. The highest BCUT2D eigenvalue weighted by molar-refractivity contribution is 5.84. The molecule has 1 aromatic heterocycles. The molecule has 0 saturated carbocycles. The Morgan fingerprint density at radius 3 is 2.46 bits per heavy atom. The third-order valence-corrected chi connectivity index (χ3v) is 4.06. The Morgan fingerprint density at radius 2 is 1.83 bits per heavy atom. The number of nitrogens with two attached hydrogens (primary N) is 1. The predicted octanol–water partition coefficient (Wildman–Crippen LogP) is 4.37. The van der Waals surface area contributed by atoms with Gasteiger partial charge in [-0.2, -0.15) is 0 Å². The zero-order chi connectivity index (χ0) is 17.6. The smallest absolute Gasteiger partial charge is 0.196 e. The standard InChI is InChI=1S/C19H17F2NO2/c1-9-6-14(11(3)22)19-15(7-9)17(23)10(2)18(24-19)13-5-4-12(20)8-16(13)21/h4-8,11H,22H2,1-3H3/t11-/m1/s1. The van der Waals surface area contributed by atoms with E-state index in [9.17, 15) is 13.6 Å². The molecular weight excluding hydrogens is 312 g/mol. The Hall–Kier alpha value is -2.53. The van der Waals surface area contributed by atoms with Crippen molar-refractivity contribution in [2.24, 2.45) is 5.73 Å². The predicted molar refractivity (Wildman–Crippen MR) is 89.9 cm³/mol. The van der Waals surface area contributed by atoms with E-state index < -0.39 is 11.6 Å². The van der Waals surface area contributed by atoms with Crippen molar-refractivity contribution in [3.8, 4) is 11.3 Å². The number of aryl methyl sites for hydroxylation is 1. The van der Waals surface area contributed by atoms with Crippen LogP contribution < -0.4 is 11.2 Å². The first kappa shape index (κ1) is 16.3. The van der Waals surface area contributed by atoms with Gasteiger partial charge in [-0.1, -0.05) is 6.07 Å². The third kappa shape index (κ3) is 2.61. The van der Waals surface area contributed by atoms with E-state index in [1.807, 2.05) is 13.0 Å². The van der Waals surface area contributed by atoms with E-state index in [1.165, 1.54) is 6.07 Å². The molecule has 2 aromatic carbocycles. The largest absolute Gasteiger partial charge is 0.455 e. The minimum absolute atomic E-state index is 0.0455. The summed E-state index contributed by atoms with van der Waals surface area (Å²) in [5.74, 6) is -1.38. The highest BCUT2D eigenvalue weighted by Gasteiger charge is 2.19. The molecule has 5 heteroatoms. The summed E-state index contributed by atoms with van der Waals surface area (Å²) in [6.07, 6.45) is 0. The monoisotopic (exact) mass is 329 g/mol. The molecule has 3 nitrogen and oxygen atoms in total. The Balaban J connectivity index is 2.43. The van der Waals surface area contributed by atoms with Crippen molar-refractivity contribution >= 4 is 11.0 Å². The first-order chi connectivity index (χ1) is 11.3. The van der Waals surface area contributed by atoms with Crippen molar-refractivity contribution in [2.45, 2.75) is 26.8 Å². The van der Waals surface area contributed by atoms with E-state index in [0.29, 0.717) is 16.5 Å². The molecule has 0 spiro atoms. The summed E-state index contributed by atoms with van der Waals surface area (Å²) in [6, 6.07) is 6.37. The zero-order valence-corrected chi connectivity index (χ0v) is 13.6. The van der Waals surface area contributed by atoms with Gasteiger partial charge in [-0.25, -0.2) is 8.78 Å². The topological polar surface area (TPSA) is 56.2 Å². The highest BCUT2D eigenvalue weighted by atomic mass is 19.1. The van der Waals surface area contributed by atoms with Gasteiger partial charge in [-0.15, -0.1) is 0 Å². The van der Waals surface area contributed by atoms with Gasteiger partial charge in [0.05, 0.1) is 10.9 Å². The molecule has 3 aromatic rings. The second-order valence-electron chi connectivity index (χ2n) is 6.03. The maximum atomic E-state index is 14.1. The lowest BCUT2D eigenvalue weighted by atomic mass is 9.99. The number of benzene rings is 2. The van der Waals surface area contributed by atoms with E-state index in [-0.39, 0.29) is 28.4 Å². The fourth-order valence-electron chi connectivity index (χ4n) is 2.84. The van der Waals surface area contributed by atoms with Gasteiger partial charge in [0, 0.05) is 23.2 Å². The van der Waals surface area contributed by atoms with Crippen LogP contribution in [-0.4, -0.2) is 0 Å². The van der Waals surface area contributed by atoms with Gasteiger partial charge in [0.25, 0.3) is 0 Å². The average Bonchev–Trinajstić information content (AvgIpc) is 2.51. The minimum Gasteiger partial charge on any atom is -0.455 e. The van der Waals surface area contributed by atoms with Crippen LogP contribution in [0, 0.1) is 25.5 Å². The summed E-state index contributed by atoms with van der Waals surface area (Å²) in [5, 5.41) is 0.408. The second-order valence-corrected chi connectivity index (χ2v) is 6.03. The molecule has 0 fully saturated rings. The summed E-state index contributed by atoms with van der Waals surface area (Å²) < 4.78 is 33.2. The molecular formula is C19H17F2NO2. The molecule has 1 heterocycles. The maximum absolute atomic E-state index is 14.1. The molecule has 0 bridgehead atoms. The molecule has 0 aliphatic rings. The number of hydrogen-bond acceptors (Lipinski definition) is 3. The fraction of sp³-hybridized carbons (Fsp3) is 0.211. The molecule has 0 amide bonds. The maximum Gasteiger partial charge on any atom is 0.196 e. The quantitative estimate of drug-likeness (QED) is 0.759. The van der Waals surface area contributed by atoms with Crippen molar-refractivity contribution in [2.75, 3.05) is 0 Å². The van der Waals surface area contributed by atoms with Crippen molar-refractivity contribution in [3.05, 3.63) is 68.9 Å². The summed E-state index contributed by atoms with van der Waals surface area (Å²) in [7, 11) is 0. The van der Waals surface area contributed by atoms with E-state index in [4.69, 9.17) is 10.2 Å². The molecule has 0 radical (unpaired) electrons. The van der Waals surface area contributed by atoms with E-state index in [1.54, 1.807) is 19.9 Å². The molecule has 3 rings (SSSR count). The van der Waals surface area contributed by atoms with E-state index in [2.05, 4.69) is 0 Å². The Kier molecular flexibility index (Phi) is 3.97. The fourth-order valence-corrected chi connectivity index (χ4v) is 2.84. The van der Waals surface area contributed by atoms with Crippen LogP contribution in [0.1, 0.15) is 29.7 Å². The van der Waals surface area contributed by atoms with Crippen LogP contribution in [0.4, 0.5) is 8.78 Å². The van der Waals surface area contributed by atoms with Crippen LogP contribution in [0.15, 0.2) is 39.5 Å². The van der Waals surface area contributed by atoms with Gasteiger partial charge in [0.15, 0.2) is 5.43 Å². The normalized spacial score (nSPS) is 12.6. The highest BCUT2D eigenvalue weighted by Crippen LogP contribution is 2.31. The molecule has 124 valence electrons. The van der Waals surface area contributed by atoms with Crippen molar-refractivity contribution in [1.82, 2.24) is 0 Å². The third-order valence-electron chi connectivity index (χ3n) is 4.06. The van der Waals surface area contributed by atoms with Gasteiger partial charge in [0.2, 0.25) is 0 Å². The van der Waals surface area contributed by atoms with Crippen LogP contribution in [0.25, 0.3) is 22.3 Å². The average molecular weight is 329 g/mol. The lowest BCUT2D eigenvalue weighted by molar-refractivity contribution is 0.568. The van der Waals surface area contributed by atoms with Gasteiger partial charge in [-0.05, 0) is 44.5 Å². The Morgan fingerprint density at radius 1 is 1.12 bits per heavy atom. The van der Waals surface area contributed by atoms with Crippen molar-refractivity contribution in [3.63, 3.8) is 0 Å².